The highest BCUT2D eigenvalue weighted by Crippen LogP contribution is 2.57. The fourth-order valence-corrected chi connectivity index (χ4v) is 6.58. The van der Waals surface area contributed by atoms with E-state index in [9.17, 15) is 9.90 Å². The lowest BCUT2D eigenvalue weighted by molar-refractivity contribution is -0.139. The number of hydrogen-bond donors (Lipinski definition) is 2. The van der Waals surface area contributed by atoms with Gasteiger partial charge in [0.1, 0.15) is 5.58 Å². The molecular weight excluding hydrogens is 364 g/mol. The number of carbonyl (C=O) groups excluding carboxylic acids is 1. The van der Waals surface area contributed by atoms with Crippen molar-refractivity contribution in [3.05, 3.63) is 54.4 Å². The molecule has 0 saturated heterocycles. The van der Waals surface area contributed by atoms with Gasteiger partial charge in [-0.15, -0.1) is 0 Å². The van der Waals surface area contributed by atoms with E-state index in [0.717, 1.165) is 47.9 Å². The van der Waals surface area contributed by atoms with Crippen LogP contribution in [0.1, 0.15) is 48.9 Å². The Hall–Kier alpha value is -2.66. The molecule has 4 bridgehead atoms. The van der Waals surface area contributed by atoms with Crippen LogP contribution in [0.25, 0.3) is 22.2 Å². The number of nitrogens with one attached hydrogen (secondary N) is 1. The molecule has 1 aromatic carbocycles. The summed E-state index contributed by atoms with van der Waals surface area (Å²) in [7, 11) is 0. The molecule has 2 atom stereocenters. The van der Waals surface area contributed by atoms with Crippen molar-refractivity contribution in [3.8, 4) is 11.3 Å². The van der Waals surface area contributed by atoms with Crippen LogP contribution in [0.4, 0.5) is 0 Å². The Bertz CT molecular complexity index is 1090. The fourth-order valence-electron chi connectivity index (χ4n) is 6.58. The number of pyridine rings is 1. The van der Waals surface area contributed by atoms with Crippen LogP contribution < -0.4 is 5.32 Å². The van der Waals surface area contributed by atoms with Gasteiger partial charge in [-0.05, 0) is 74.6 Å². The zero-order valence-electron chi connectivity index (χ0n) is 16.2. The van der Waals surface area contributed by atoms with E-state index in [1.165, 1.54) is 6.42 Å². The van der Waals surface area contributed by atoms with Gasteiger partial charge in [0.05, 0.1) is 17.6 Å². The predicted octanol–water partition coefficient (Wildman–Crippen LogP) is 4.31. The largest absolute Gasteiger partial charge is 0.464 e. The topological polar surface area (TPSA) is 75.4 Å². The SMILES string of the molecule is O=C(NC12CC3CC(CC(O)(C3)C1)C2)c1ccc(-c2nccc3occc23)cc1. The molecule has 29 heavy (non-hydrogen) atoms. The summed E-state index contributed by atoms with van der Waals surface area (Å²) in [6.45, 7) is 0. The number of hydrogen-bond acceptors (Lipinski definition) is 4. The fraction of sp³-hybridized carbons (Fsp3) is 0.417. The summed E-state index contributed by atoms with van der Waals surface area (Å²) in [5, 5.41) is 15.2. The van der Waals surface area contributed by atoms with Crippen LogP contribution in [0.5, 0.6) is 0 Å². The first-order valence-electron chi connectivity index (χ1n) is 10.5. The Kier molecular flexibility index (Phi) is 3.52. The van der Waals surface area contributed by atoms with Crippen LogP contribution in [-0.4, -0.2) is 27.1 Å². The smallest absolute Gasteiger partial charge is 0.251 e. The van der Waals surface area contributed by atoms with E-state index in [2.05, 4.69) is 10.3 Å². The number of furan rings is 1. The predicted molar refractivity (Wildman–Crippen MR) is 109 cm³/mol. The van der Waals surface area contributed by atoms with Gasteiger partial charge in [-0.2, -0.15) is 0 Å². The molecular formula is C24H24N2O3. The molecule has 3 aromatic rings. The zero-order chi connectivity index (χ0) is 19.6. The van der Waals surface area contributed by atoms with E-state index in [4.69, 9.17) is 4.42 Å². The quantitative estimate of drug-likeness (QED) is 0.701. The second-order valence-corrected chi connectivity index (χ2v) is 9.49. The Morgan fingerprint density at radius 1 is 1.07 bits per heavy atom. The van der Waals surface area contributed by atoms with Gasteiger partial charge in [0, 0.05) is 28.2 Å². The van der Waals surface area contributed by atoms with Gasteiger partial charge in [-0.25, -0.2) is 0 Å². The Balaban J connectivity index is 1.25. The molecule has 2 unspecified atom stereocenters. The van der Waals surface area contributed by atoms with Gasteiger partial charge in [0.15, 0.2) is 0 Å². The van der Waals surface area contributed by atoms with Crippen LogP contribution in [0, 0.1) is 11.8 Å². The maximum absolute atomic E-state index is 13.0. The highest BCUT2D eigenvalue weighted by molar-refractivity contribution is 5.96. The molecule has 4 aliphatic rings. The normalized spacial score (nSPS) is 32.6. The van der Waals surface area contributed by atoms with Gasteiger partial charge in [0.2, 0.25) is 0 Å². The molecule has 4 fully saturated rings. The average molecular weight is 388 g/mol. The summed E-state index contributed by atoms with van der Waals surface area (Å²) in [5.74, 6) is 1.05. The minimum Gasteiger partial charge on any atom is -0.464 e. The maximum Gasteiger partial charge on any atom is 0.251 e. The third-order valence-corrected chi connectivity index (χ3v) is 7.21. The number of nitrogens with zero attached hydrogens (tertiary/aromatic N) is 1. The molecule has 5 heteroatoms. The number of aliphatic hydroxyl groups is 1. The van der Waals surface area contributed by atoms with Crippen molar-refractivity contribution in [2.75, 3.05) is 0 Å². The lowest BCUT2D eigenvalue weighted by atomic mass is 9.51. The minimum absolute atomic E-state index is 0.0448. The second-order valence-electron chi connectivity index (χ2n) is 9.49. The molecule has 2 heterocycles. The summed E-state index contributed by atoms with van der Waals surface area (Å²) >= 11 is 0. The van der Waals surface area contributed by atoms with Gasteiger partial charge >= 0.3 is 0 Å². The molecule has 0 radical (unpaired) electrons. The van der Waals surface area contributed by atoms with E-state index >= 15 is 0 Å². The van der Waals surface area contributed by atoms with Crippen LogP contribution >= 0.6 is 0 Å². The lowest BCUT2D eigenvalue weighted by Crippen LogP contribution is -2.65. The highest BCUT2D eigenvalue weighted by atomic mass is 16.3. The second kappa shape index (κ2) is 5.92. The van der Waals surface area contributed by atoms with Crippen molar-refractivity contribution in [2.24, 2.45) is 11.8 Å². The summed E-state index contributed by atoms with van der Waals surface area (Å²) in [6.07, 6.45) is 9.12. The molecule has 1 amide bonds. The molecule has 2 aromatic heterocycles. The highest BCUT2D eigenvalue weighted by Gasteiger charge is 2.57. The Morgan fingerprint density at radius 3 is 2.55 bits per heavy atom. The zero-order valence-corrected chi connectivity index (χ0v) is 16.2. The first kappa shape index (κ1) is 17.2. The molecule has 7 rings (SSSR count). The van der Waals surface area contributed by atoms with Crippen LogP contribution in [0.2, 0.25) is 0 Å². The van der Waals surface area contributed by atoms with Crippen LogP contribution in [0.15, 0.2) is 53.3 Å². The first-order valence-corrected chi connectivity index (χ1v) is 10.5. The lowest BCUT2D eigenvalue weighted by Gasteiger charge is -2.60. The minimum atomic E-state index is -0.573. The van der Waals surface area contributed by atoms with Gasteiger partial charge in [-0.1, -0.05) is 12.1 Å². The molecule has 2 N–H and O–H groups in total. The van der Waals surface area contributed by atoms with Crippen molar-refractivity contribution in [1.29, 1.82) is 0 Å². The van der Waals surface area contributed by atoms with Gasteiger partial charge in [-0.3, -0.25) is 9.78 Å². The van der Waals surface area contributed by atoms with Crippen LogP contribution in [0.3, 0.4) is 0 Å². The van der Waals surface area contributed by atoms with E-state index in [-0.39, 0.29) is 11.4 Å². The van der Waals surface area contributed by atoms with E-state index in [0.29, 0.717) is 23.8 Å². The summed E-state index contributed by atoms with van der Waals surface area (Å²) in [6, 6.07) is 11.4. The van der Waals surface area contributed by atoms with E-state index < -0.39 is 5.60 Å². The molecule has 4 aliphatic carbocycles. The summed E-state index contributed by atoms with van der Waals surface area (Å²) in [4.78, 5) is 17.5. The number of benzene rings is 1. The Morgan fingerprint density at radius 2 is 1.83 bits per heavy atom. The monoisotopic (exact) mass is 388 g/mol. The van der Waals surface area contributed by atoms with E-state index in [1.54, 1.807) is 12.5 Å². The molecule has 4 saturated carbocycles. The molecule has 5 nitrogen and oxygen atoms in total. The van der Waals surface area contributed by atoms with Crippen molar-refractivity contribution >= 4 is 16.9 Å². The van der Waals surface area contributed by atoms with Crippen molar-refractivity contribution < 1.29 is 14.3 Å². The maximum atomic E-state index is 13.0. The molecule has 148 valence electrons. The number of carbonyl (C=O) groups is 1. The van der Waals surface area contributed by atoms with Crippen molar-refractivity contribution in [1.82, 2.24) is 10.3 Å². The van der Waals surface area contributed by atoms with E-state index in [1.807, 2.05) is 36.4 Å². The van der Waals surface area contributed by atoms with Gasteiger partial charge in [0.25, 0.3) is 5.91 Å². The third-order valence-electron chi connectivity index (χ3n) is 7.21. The standard InChI is InChI=1S/C24H24N2O3/c27-22(26-23-10-15-9-16(11-23)13-24(28,12-15)14-23)18-3-1-17(2-4-18)21-19-6-8-29-20(19)5-7-25-21/h1-8,15-16,28H,9-14H2,(H,26,27). The number of amides is 1. The average Bonchev–Trinajstić information content (AvgIpc) is 3.14. The third kappa shape index (κ3) is 2.79. The molecule has 0 spiro atoms. The van der Waals surface area contributed by atoms with Gasteiger partial charge < -0.3 is 14.8 Å². The summed E-state index contributed by atoms with van der Waals surface area (Å²) < 4.78 is 5.46. The number of aromatic nitrogens is 1. The number of fused-ring (bicyclic) bond motifs is 1. The number of rotatable bonds is 3. The Labute approximate surface area is 169 Å². The first-order chi connectivity index (χ1) is 14.0. The van der Waals surface area contributed by atoms with Crippen molar-refractivity contribution in [2.45, 2.75) is 49.7 Å². The molecule has 0 aliphatic heterocycles. The van der Waals surface area contributed by atoms with Crippen LogP contribution in [-0.2, 0) is 0 Å². The van der Waals surface area contributed by atoms with Crippen molar-refractivity contribution in [3.63, 3.8) is 0 Å². The summed E-state index contributed by atoms with van der Waals surface area (Å²) in [5.41, 5.74) is 2.45.